The van der Waals surface area contributed by atoms with E-state index in [1.54, 1.807) is 0 Å². The number of carbonyl (C=O) groups excluding carboxylic acids is 1. The van der Waals surface area contributed by atoms with E-state index in [4.69, 9.17) is 9.26 Å². The summed E-state index contributed by atoms with van der Waals surface area (Å²) in [5.74, 6) is 0.320. The molecule has 0 radical (unpaired) electrons. The van der Waals surface area contributed by atoms with Gasteiger partial charge in [-0.3, -0.25) is 4.79 Å². The van der Waals surface area contributed by atoms with Crippen LogP contribution in [0.1, 0.15) is 48.2 Å². The third-order valence-corrected chi connectivity index (χ3v) is 3.50. The third-order valence-electron chi connectivity index (χ3n) is 3.50. The molecule has 19 heavy (non-hydrogen) atoms. The molecule has 2 saturated heterocycles. The lowest BCUT2D eigenvalue weighted by atomic mass is 10.1. The van der Waals surface area contributed by atoms with Crippen LogP contribution in [0, 0.1) is 0 Å². The smallest absolute Gasteiger partial charge is 0.292 e. The second kappa shape index (κ2) is 5.66. The summed E-state index contributed by atoms with van der Waals surface area (Å²) in [5.41, 5.74) is 0. The van der Waals surface area contributed by atoms with E-state index >= 15 is 0 Å². The van der Waals surface area contributed by atoms with Gasteiger partial charge in [0.2, 0.25) is 5.89 Å². The Hall–Kier alpha value is -1.47. The van der Waals surface area contributed by atoms with Crippen LogP contribution in [0.2, 0.25) is 0 Å². The first-order valence-corrected chi connectivity index (χ1v) is 6.78. The topological polar surface area (TPSA) is 89.3 Å². The maximum atomic E-state index is 12.0. The monoisotopic (exact) mass is 266 g/mol. The largest absolute Gasteiger partial charge is 0.379 e. The highest BCUT2D eigenvalue weighted by atomic mass is 16.5. The van der Waals surface area contributed by atoms with Crippen molar-refractivity contribution in [3.63, 3.8) is 0 Å². The molecule has 0 bridgehead atoms. The van der Waals surface area contributed by atoms with Crippen molar-refractivity contribution in [1.29, 1.82) is 0 Å². The predicted molar refractivity (Wildman–Crippen MR) is 65.6 cm³/mol. The van der Waals surface area contributed by atoms with E-state index in [0.29, 0.717) is 12.5 Å². The van der Waals surface area contributed by atoms with Gasteiger partial charge < -0.3 is 19.9 Å². The van der Waals surface area contributed by atoms with Gasteiger partial charge in [0, 0.05) is 6.61 Å². The van der Waals surface area contributed by atoms with E-state index in [-0.39, 0.29) is 23.8 Å². The molecule has 2 N–H and O–H groups in total. The minimum Gasteiger partial charge on any atom is -0.379 e. The van der Waals surface area contributed by atoms with E-state index < -0.39 is 0 Å². The first-order valence-electron chi connectivity index (χ1n) is 6.78. The number of hydrogen-bond donors (Lipinski definition) is 2. The Morgan fingerprint density at radius 3 is 3.05 bits per heavy atom. The van der Waals surface area contributed by atoms with Crippen LogP contribution in [0.15, 0.2) is 4.52 Å². The summed E-state index contributed by atoms with van der Waals surface area (Å²) >= 11 is 0. The van der Waals surface area contributed by atoms with Crippen molar-refractivity contribution < 1.29 is 14.1 Å². The first-order chi connectivity index (χ1) is 9.33. The van der Waals surface area contributed by atoms with Gasteiger partial charge in [0.1, 0.15) is 0 Å². The lowest BCUT2D eigenvalue weighted by molar-refractivity contribution is 0.0618. The Labute approximate surface area is 111 Å². The van der Waals surface area contributed by atoms with Crippen LogP contribution in [-0.4, -0.2) is 41.8 Å². The summed E-state index contributed by atoms with van der Waals surface area (Å²) in [4.78, 5) is 16.1. The van der Waals surface area contributed by atoms with Crippen LogP contribution in [-0.2, 0) is 4.74 Å². The lowest BCUT2D eigenvalue weighted by Gasteiger charge is -2.22. The quantitative estimate of drug-likeness (QED) is 0.823. The molecule has 3 rings (SSSR count). The minimum absolute atomic E-state index is 0.0489. The van der Waals surface area contributed by atoms with Crippen molar-refractivity contribution in [1.82, 2.24) is 20.8 Å². The SMILES string of the molecule is O=C(NC1CCCOC1)c1noc(C2CCCN2)n1. The second-order valence-electron chi connectivity index (χ2n) is 4.99. The number of nitrogens with one attached hydrogen (secondary N) is 2. The number of nitrogens with zero attached hydrogens (tertiary/aromatic N) is 2. The molecular weight excluding hydrogens is 248 g/mol. The van der Waals surface area contributed by atoms with Crippen LogP contribution in [0.25, 0.3) is 0 Å². The molecular formula is C12H18N4O3. The molecule has 2 unspecified atom stereocenters. The zero-order valence-electron chi connectivity index (χ0n) is 10.7. The predicted octanol–water partition coefficient (Wildman–Crippen LogP) is 0.403. The second-order valence-corrected chi connectivity index (χ2v) is 4.99. The van der Waals surface area contributed by atoms with Gasteiger partial charge in [-0.2, -0.15) is 4.98 Å². The molecule has 2 fully saturated rings. The van der Waals surface area contributed by atoms with Crippen molar-refractivity contribution in [2.24, 2.45) is 0 Å². The molecule has 1 aromatic rings. The molecule has 1 aromatic heterocycles. The molecule has 3 heterocycles. The van der Waals surface area contributed by atoms with Crippen molar-refractivity contribution >= 4 is 5.91 Å². The summed E-state index contributed by atoms with van der Waals surface area (Å²) in [5, 5.41) is 9.88. The first kappa shape index (κ1) is 12.6. The van der Waals surface area contributed by atoms with Gasteiger partial charge in [0.25, 0.3) is 11.7 Å². The summed E-state index contributed by atoms with van der Waals surface area (Å²) in [7, 11) is 0. The average molecular weight is 266 g/mol. The number of rotatable bonds is 3. The van der Waals surface area contributed by atoms with Gasteiger partial charge in [-0.15, -0.1) is 0 Å². The van der Waals surface area contributed by atoms with Gasteiger partial charge in [0.05, 0.1) is 18.7 Å². The van der Waals surface area contributed by atoms with Gasteiger partial charge >= 0.3 is 0 Å². The molecule has 2 atom stereocenters. The number of hydrogen-bond acceptors (Lipinski definition) is 6. The van der Waals surface area contributed by atoms with Gasteiger partial charge in [-0.05, 0) is 32.2 Å². The molecule has 0 spiro atoms. The fourth-order valence-electron chi connectivity index (χ4n) is 2.47. The van der Waals surface area contributed by atoms with Gasteiger partial charge in [-0.25, -0.2) is 0 Å². The van der Waals surface area contributed by atoms with Gasteiger partial charge in [0.15, 0.2) is 0 Å². The summed E-state index contributed by atoms with van der Waals surface area (Å²) in [6.45, 7) is 2.28. The molecule has 0 aliphatic carbocycles. The number of amides is 1. The van der Waals surface area contributed by atoms with Crippen LogP contribution in [0.4, 0.5) is 0 Å². The molecule has 1 amide bonds. The zero-order chi connectivity index (χ0) is 13.1. The van der Waals surface area contributed by atoms with Crippen molar-refractivity contribution in [3.05, 3.63) is 11.7 Å². The summed E-state index contributed by atoms with van der Waals surface area (Å²) in [6, 6.07) is 0.139. The van der Waals surface area contributed by atoms with Gasteiger partial charge in [-0.1, -0.05) is 5.16 Å². The Morgan fingerprint density at radius 2 is 2.32 bits per heavy atom. The standard InChI is InChI=1S/C12H18N4O3/c17-11(14-8-3-2-6-18-7-8)10-15-12(19-16-10)9-4-1-5-13-9/h8-9,13H,1-7H2,(H,14,17). The van der Waals surface area contributed by atoms with Crippen molar-refractivity contribution in [3.8, 4) is 0 Å². The van der Waals surface area contributed by atoms with Crippen LogP contribution < -0.4 is 10.6 Å². The normalized spacial score (nSPS) is 27.4. The van der Waals surface area contributed by atoms with E-state index in [9.17, 15) is 4.79 Å². The average Bonchev–Trinajstić information content (AvgIpc) is 3.11. The Bertz CT molecular complexity index is 436. The lowest BCUT2D eigenvalue weighted by Crippen LogP contribution is -2.41. The third kappa shape index (κ3) is 2.93. The summed E-state index contributed by atoms with van der Waals surface area (Å²) in [6.07, 6.45) is 3.96. The molecule has 2 aliphatic heterocycles. The number of carbonyl (C=O) groups is 1. The minimum atomic E-state index is -0.288. The highest BCUT2D eigenvalue weighted by molar-refractivity contribution is 5.90. The Balaban J connectivity index is 1.59. The maximum Gasteiger partial charge on any atom is 0.292 e. The number of ether oxygens (including phenoxy) is 1. The van der Waals surface area contributed by atoms with E-state index in [0.717, 1.165) is 38.8 Å². The molecule has 7 heteroatoms. The molecule has 0 saturated carbocycles. The Kier molecular flexibility index (Phi) is 3.74. The fraction of sp³-hybridized carbons (Fsp3) is 0.750. The molecule has 104 valence electrons. The van der Waals surface area contributed by atoms with Crippen LogP contribution in [0.5, 0.6) is 0 Å². The number of aromatic nitrogens is 2. The van der Waals surface area contributed by atoms with Crippen LogP contribution >= 0.6 is 0 Å². The van der Waals surface area contributed by atoms with Crippen molar-refractivity contribution in [2.75, 3.05) is 19.8 Å². The molecule has 2 aliphatic rings. The highest BCUT2D eigenvalue weighted by Gasteiger charge is 2.25. The van der Waals surface area contributed by atoms with E-state index in [1.165, 1.54) is 0 Å². The zero-order valence-corrected chi connectivity index (χ0v) is 10.7. The maximum absolute atomic E-state index is 12.0. The molecule has 7 nitrogen and oxygen atoms in total. The fourth-order valence-corrected chi connectivity index (χ4v) is 2.47. The Morgan fingerprint density at radius 1 is 1.37 bits per heavy atom. The van der Waals surface area contributed by atoms with Crippen LogP contribution in [0.3, 0.4) is 0 Å². The van der Waals surface area contributed by atoms with Crippen molar-refractivity contribution in [2.45, 2.75) is 37.8 Å². The highest BCUT2D eigenvalue weighted by Crippen LogP contribution is 2.21. The van der Waals surface area contributed by atoms with E-state index in [1.807, 2.05) is 0 Å². The molecule has 0 aromatic carbocycles. The summed E-state index contributed by atoms with van der Waals surface area (Å²) < 4.78 is 10.5. The van der Waals surface area contributed by atoms with E-state index in [2.05, 4.69) is 20.8 Å².